The molecule has 3 heterocycles. The van der Waals surface area contributed by atoms with Crippen molar-refractivity contribution in [1.29, 1.82) is 0 Å². The number of hydrogen-bond acceptors (Lipinski definition) is 6. The zero-order valence-electron chi connectivity index (χ0n) is 17.7. The van der Waals surface area contributed by atoms with E-state index in [0.29, 0.717) is 24.3 Å². The molecule has 3 rings (SSSR count). The van der Waals surface area contributed by atoms with Crippen LogP contribution in [0.5, 0.6) is 0 Å². The van der Waals surface area contributed by atoms with E-state index in [-0.39, 0.29) is 0 Å². The Balaban J connectivity index is 1.46. The second-order valence-corrected chi connectivity index (χ2v) is 8.30. The van der Waals surface area contributed by atoms with Crippen LogP contribution in [0.25, 0.3) is 0 Å². The number of piperazine rings is 1. The summed E-state index contributed by atoms with van der Waals surface area (Å²) in [6.07, 6.45) is 5.65. The number of carbonyl (C=O) groups excluding carboxylic acids is 1. The normalized spacial score (nSPS) is 21.2. The van der Waals surface area contributed by atoms with E-state index in [0.717, 1.165) is 70.3 Å². The molecule has 0 spiro atoms. The van der Waals surface area contributed by atoms with E-state index in [1.807, 2.05) is 6.07 Å². The molecule has 28 heavy (non-hydrogen) atoms. The minimum atomic E-state index is 0.331. The van der Waals surface area contributed by atoms with Crippen LogP contribution in [0.15, 0.2) is 12.4 Å². The summed E-state index contributed by atoms with van der Waals surface area (Å²) in [5.41, 5.74) is 0. The number of anilines is 2. The van der Waals surface area contributed by atoms with Crippen molar-refractivity contribution in [3.63, 3.8) is 0 Å². The van der Waals surface area contributed by atoms with Gasteiger partial charge in [0.05, 0.1) is 0 Å². The molecular weight excluding hydrogens is 352 g/mol. The van der Waals surface area contributed by atoms with Crippen LogP contribution < -0.4 is 10.2 Å². The molecule has 0 bridgehead atoms. The van der Waals surface area contributed by atoms with Crippen LogP contribution in [0.2, 0.25) is 0 Å². The van der Waals surface area contributed by atoms with Gasteiger partial charge in [-0.3, -0.25) is 9.69 Å². The molecule has 2 aliphatic heterocycles. The lowest BCUT2D eigenvalue weighted by Gasteiger charge is -2.37. The Labute approximate surface area is 169 Å². The van der Waals surface area contributed by atoms with Crippen LogP contribution in [0.3, 0.4) is 0 Å². The van der Waals surface area contributed by atoms with Crippen molar-refractivity contribution < 1.29 is 4.79 Å². The van der Waals surface area contributed by atoms with Crippen LogP contribution in [0.1, 0.15) is 46.5 Å². The van der Waals surface area contributed by atoms with Gasteiger partial charge in [-0.25, -0.2) is 9.97 Å². The Kier molecular flexibility index (Phi) is 7.48. The fourth-order valence-electron chi connectivity index (χ4n) is 4.28. The van der Waals surface area contributed by atoms with E-state index in [2.05, 4.69) is 50.8 Å². The summed E-state index contributed by atoms with van der Waals surface area (Å²) in [5, 5.41) is 3.25. The average Bonchev–Trinajstić information content (AvgIpc) is 2.73. The first-order valence-corrected chi connectivity index (χ1v) is 10.9. The van der Waals surface area contributed by atoms with Crippen LogP contribution in [0.4, 0.5) is 11.6 Å². The van der Waals surface area contributed by atoms with Gasteiger partial charge >= 0.3 is 0 Å². The Hall–Kier alpha value is -1.89. The summed E-state index contributed by atoms with van der Waals surface area (Å²) in [6.45, 7) is 13.2. The standard InChI is InChI=1S/C21H36N6O/c1-4-22-19-14-20(24-16-23-19)27-9-5-6-18(15-27)7-8-21(28)26-12-10-25(11-13-26)17(2)3/h14,16-18H,4-13,15H2,1-3H3,(H,22,23,24)/t18-/m0/s1. The number of aromatic nitrogens is 2. The van der Waals surface area contributed by atoms with Crippen LogP contribution >= 0.6 is 0 Å². The molecule has 0 saturated carbocycles. The molecular formula is C21H36N6O. The highest BCUT2D eigenvalue weighted by Gasteiger charge is 2.25. The Morgan fingerprint density at radius 1 is 1.21 bits per heavy atom. The summed E-state index contributed by atoms with van der Waals surface area (Å²) < 4.78 is 0. The maximum atomic E-state index is 12.7. The van der Waals surface area contributed by atoms with E-state index < -0.39 is 0 Å². The van der Waals surface area contributed by atoms with Gasteiger partial charge in [0.1, 0.15) is 18.0 Å². The fourth-order valence-corrected chi connectivity index (χ4v) is 4.28. The van der Waals surface area contributed by atoms with Gasteiger partial charge in [0, 0.05) is 64.3 Å². The molecule has 0 aromatic carbocycles. The van der Waals surface area contributed by atoms with Gasteiger partial charge in [0.25, 0.3) is 0 Å². The molecule has 0 aliphatic carbocycles. The van der Waals surface area contributed by atoms with Crippen molar-refractivity contribution in [2.45, 2.75) is 52.5 Å². The third-order valence-electron chi connectivity index (χ3n) is 6.02. The first-order valence-electron chi connectivity index (χ1n) is 10.9. The molecule has 1 aromatic rings. The summed E-state index contributed by atoms with van der Waals surface area (Å²) >= 11 is 0. The van der Waals surface area contributed by atoms with E-state index >= 15 is 0 Å². The molecule has 1 aromatic heterocycles. The van der Waals surface area contributed by atoms with Gasteiger partial charge in [0.15, 0.2) is 0 Å². The largest absolute Gasteiger partial charge is 0.370 e. The van der Waals surface area contributed by atoms with Crippen molar-refractivity contribution in [3.05, 3.63) is 12.4 Å². The summed E-state index contributed by atoms with van der Waals surface area (Å²) in [6, 6.07) is 2.60. The molecule has 1 N–H and O–H groups in total. The predicted molar refractivity (Wildman–Crippen MR) is 114 cm³/mol. The molecule has 2 aliphatic rings. The Bertz CT molecular complexity index is 629. The first-order chi connectivity index (χ1) is 13.6. The molecule has 2 fully saturated rings. The van der Waals surface area contributed by atoms with Gasteiger partial charge in [-0.15, -0.1) is 0 Å². The van der Waals surface area contributed by atoms with E-state index in [4.69, 9.17) is 0 Å². The first kappa shape index (κ1) is 20.8. The number of rotatable bonds is 7. The Morgan fingerprint density at radius 2 is 2.00 bits per heavy atom. The monoisotopic (exact) mass is 388 g/mol. The third kappa shape index (κ3) is 5.56. The molecule has 156 valence electrons. The highest BCUT2D eigenvalue weighted by Crippen LogP contribution is 2.26. The second kappa shape index (κ2) is 10.0. The third-order valence-corrected chi connectivity index (χ3v) is 6.02. The molecule has 0 unspecified atom stereocenters. The number of nitrogens with zero attached hydrogens (tertiary/aromatic N) is 5. The van der Waals surface area contributed by atoms with Crippen molar-refractivity contribution in [2.24, 2.45) is 5.92 Å². The maximum Gasteiger partial charge on any atom is 0.222 e. The smallest absolute Gasteiger partial charge is 0.222 e. The van der Waals surface area contributed by atoms with Crippen molar-refractivity contribution >= 4 is 17.5 Å². The van der Waals surface area contributed by atoms with E-state index in [9.17, 15) is 4.79 Å². The lowest BCUT2D eigenvalue weighted by atomic mass is 9.93. The van der Waals surface area contributed by atoms with Crippen LogP contribution in [0, 0.1) is 5.92 Å². The van der Waals surface area contributed by atoms with Gasteiger partial charge in [0.2, 0.25) is 5.91 Å². The summed E-state index contributed by atoms with van der Waals surface area (Å²) in [4.78, 5) is 28.2. The minimum Gasteiger partial charge on any atom is -0.370 e. The van der Waals surface area contributed by atoms with Crippen molar-refractivity contribution in [1.82, 2.24) is 19.8 Å². The molecule has 1 amide bonds. The highest BCUT2D eigenvalue weighted by atomic mass is 16.2. The minimum absolute atomic E-state index is 0.331. The number of carbonyl (C=O) groups is 1. The predicted octanol–water partition coefficient (Wildman–Crippen LogP) is 2.46. The van der Waals surface area contributed by atoms with Gasteiger partial charge in [-0.05, 0) is 46.0 Å². The molecule has 1 atom stereocenters. The van der Waals surface area contributed by atoms with Gasteiger partial charge in [-0.2, -0.15) is 0 Å². The number of hydrogen-bond donors (Lipinski definition) is 1. The van der Waals surface area contributed by atoms with Crippen LogP contribution in [-0.2, 0) is 4.79 Å². The average molecular weight is 389 g/mol. The zero-order valence-corrected chi connectivity index (χ0v) is 17.7. The number of nitrogens with one attached hydrogen (secondary N) is 1. The molecule has 2 saturated heterocycles. The lowest BCUT2D eigenvalue weighted by molar-refractivity contribution is -0.133. The lowest BCUT2D eigenvalue weighted by Crippen LogP contribution is -2.50. The van der Waals surface area contributed by atoms with Gasteiger partial charge in [-0.1, -0.05) is 0 Å². The van der Waals surface area contributed by atoms with Crippen molar-refractivity contribution in [3.8, 4) is 0 Å². The summed E-state index contributed by atoms with van der Waals surface area (Å²) in [7, 11) is 0. The highest BCUT2D eigenvalue weighted by molar-refractivity contribution is 5.76. The summed E-state index contributed by atoms with van der Waals surface area (Å²) in [5.74, 6) is 2.77. The maximum absolute atomic E-state index is 12.7. The number of amides is 1. The molecule has 7 nitrogen and oxygen atoms in total. The molecule has 7 heteroatoms. The Morgan fingerprint density at radius 3 is 2.71 bits per heavy atom. The quantitative estimate of drug-likeness (QED) is 0.774. The van der Waals surface area contributed by atoms with E-state index in [1.165, 1.54) is 6.42 Å². The van der Waals surface area contributed by atoms with Crippen molar-refractivity contribution in [2.75, 3.05) is 56.0 Å². The van der Waals surface area contributed by atoms with Crippen LogP contribution in [-0.4, -0.2) is 77.5 Å². The second-order valence-electron chi connectivity index (χ2n) is 8.30. The van der Waals surface area contributed by atoms with E-state index in [1.54, 1.807) is 6.33 Å². The SMILES string of the molecule is CCNc1cc(N2CCC[C@@H](CCC(=O)N3CCN(C(C)C)CC3)C2)ncn1. The number of piperidine rings is 1. The van der Waals surface area contributed by atoms with Gasteiger partial charge < -0.3 is 15.1 Å². The fraction of sp³-hybridized carbons (Fsp3) is 0.762. The molecule has 0 radical (unpaired) electrons. The zero-order chi connectivity index (χ0) is 19.9. The topological polar surface area (TPSA) is 64.6 Å².